The summed E-state index contributed by atoms with van der Waals surface area (Å²) in [6.45, 7) is 1.47. The molecule has 0 unspecified atom stereocenters. The predicted molar refractivity (Wildman–Crippen MR) is 112 cm³/mol. The lowest BCUT2D eigenvalue weighted by atomic mass is 10.1. The van der Waals surface area contributed by atoms with Crippen molar-refractivity contribution in [1.82, 2.24) is 19.7 Å². The van der Waals surface area contributed by atoms with E-state index in [0.717, 1.165) is 24.0 Å². The number of carbonyl (C=O) groups excluding carboxylic acids is 1. The highest BCUT2D eigenvalue weighted by Crippen LogP contribution is 2.38. The van der Waals surface area contributed by atoms with E-state index in [0.29, 0.717) is 23.9 Å². The van der Waals surface area contributed by atoms with Crippen LogP contribution in [-0.4, -0.2) is 32.1 Å². The molecule has 0 spiro atoms. The summed E-state index contributed by atoms with van der Waals surface area (Å²) in [7, 11) is 0. The topological polar surface area (TPSA) is 112 Å². The van der Waals surface area contributed by atoms with Gasteiger partial charge < -0.3 is 9.47 Å². The van der Waals surface area contributed by atoms with Crippen LogP contribution in [0.5, 0.6) is 17.5 Å². The van der Waals surface area contributed by atoms with Gasteiger partial charge in [0.05, 0.1) is 27.7 Å². The van der Waals surface area contributed by atoms with Gasteiger partial charge in [-0.1, -0.05) is 28.4 Å². The molecule has 4 aromatic rings. The second-order valence-corrected chi connectivity index (χ2v) is 7.75. The zero-order chi connectivity index (χ0) is 21.5. The van der Waals surface area contributed by atoms with E-state index in [1.54, 1.807) is 18.2 Å². The number of fused-ring (bicyclic) bond motifs is 3. The predicted octanol–water partition coefficient (Wildman–Crippen LogP) is 4.02. The SMILES string of the molecule is O=C(Cc1cc(Cl)c(Oc2ccc3nc4n(c3c2)CCCO4)c(Cl)c1)c1noc(=O)[nH]1. The van der Waals surface area contributed by atoms with E-state index < -0.39 is 11.5 Å². The number of aromatic amines is 1. The molecule has 1 N–H and O–H groups in total. The Morgan fingerprint density at radius 3 is 2.77 bits per heavy atom. The molecule has 0 bridgehead atoms. The van der Waals surface area contributed by atoms with E-state index in [2.05, 4.69) is 19.6 Å². The van der Waals surface area contributed by atoms with Gasteiger partial charge in [-0.25, -0.2) is 4.79 Å². The highest BCUT2D eigenvalue weighted by atomic mass is 35.5. The van der Waals surface area contributed by atoms with Crippen LogP contribution >= 0.6 is 23.2 Å². The molecule has 0 saturated heterocycles. The molecule has 0 fully saturated rings. The van der Waals surface area contributed by atoms with Gasteiger partial charge >= 0.3 is 5.76 Å². The Morgan fingerprint density at radius 1 is 1.23 bits per heavy atom. The monoisotopic (exact) mass is 460 g/mol. The van der Waals surface area contributed by atoms with Crippen molar-refractivity contribution in [2.45, 2.75) is 19.4 Å². The summed E-state index contributed by atoms with van der Waals surface area (Å²) < 4.78 is 17.9. The minimum Gasteiger partial charge on any atom is -0.465 e. The van der Waals surface area contributed by atoms with Gasteiger partial charge in [0, 0.05) is 19.0 Å². The maximum atomic E-state index is 12.2. The average Bonchev–Trinajstić information content (AvgIpc) is 3.34. The second-order valence-electron chi connectivity index (χ2n) is 6.93. The first kappa shape index (κ1) is 19.7. The smallest absolute Gasteiger partial charge is 0.439 e. The Kier molecular flexibility index (Phi) is 4.91. The van der Waals surface area contributed by atoms with Gasteiger partial charge in [-0.2, -0.15) is 4.98 Å². The Labute approximate surface area is 184 Å². The average molecular weight is 461 g/mol. The fourth-order valence-corrected chi connectivity index (χ4v) is 4.01. The number of aryl methyl sites for hydroxylation is 1. The van der Waals surface area contributed by atoms with Crippen LogP contribution in [-0.2, 0) is 13.0 Å². The van der Waals surface area contributed by atoms with Crippen molar-refractivity contribution in [3.8, 4) is 17.5 Å². The number of nitrogens with zero attached hydrogens (tertiary/aromatic N) is 3. The molecular weight excluding hydrogens is 447 g/mol. The maximum absolute atomic E-state index is 12.2. The molecule has 0 radical (unpaired) electrons. The summed E-state index contributed by atoms with van der Waals surface area (Å²) >= 11 is 12.8. The first-order valence-electron chi connectivity index (χ1n) is 9.36. The fourth-order valence-electron chi connectivity index (χ4n) is 3.41. The van der Waals surface area contributed by atoms with Crippen molar-refractivity contribution in [3.63, 3.8) is 0 Å². The van der Waals surface area contributed by atoms with Gasteiger partial charge in [0.1, 0.15) is 5.75 Å². The zero-order valence-electron chi connectivity index (χ0n) is 15.9. The molecule has 3 heterocycles. The Bertz CT molecular complexity index is 1350. The maximum Gasteiger partial charge on any atom is 0.439 e. The molecule has 0 amide bonds. The highest BCUT2D eigenvalue weighted by molar-refractivity contribution is 6.37. The van der Waals surface area contributed by atoms with E-state index in [-0.39, 0.29) is 28.0 Å². The zero-order valence-corrected chi connectivity index (χ0v) is 17.4. The number of Topliss-reactive ketones (excluding diaryl/α,β-unsaturated/α-hetero) is 1. The van der Waals surface area contributed by atoms with Crippen molar-refractivity contribution in [1.29, 1.82) is 0 Å². The van der Waals surface area contributed by atoms with Crippen LogP contribution in [0.2, 0.25) is 10.0 Å². The minimum atomic E-state index is -0.800. The molecule has 2 aromatic heterocycles. The van der Waals surface area contributed by atoms with E-state index in [4.69, 9.17) is 32.7 Å². The lowest BCUT2D eigenvalue weighted by molar-refractivity contribution is 0.0980. The molecule has 0 atom stereocenters. The molecular formula is C20H14Cl2N4O5. The minimum absolute atomic E-state index is 0.0733. The summed E-state index contributed by atoms with van der Waals surface area (Å²) in [5.41, 5.74) is 2.23. The van der Waals surface area contributed by atoms with Gasteiger partial charge in [0.25, 0.3) is 6.01 Å². The summed E-state index contributed by atoms with van der Waals surface area (Å²) in [6.07, 6.45) is 0.833. The second kappa shape index (κ2) is 7.75. The van der Waals surface area contributed by atoms with Gasteiger partial charge in [-0.05, 0) is 36.2 Å². The number of rotatable bonds is 5. The number of aromatic nitrogens is 4. The number of carbonyl (C=O) groups is 1. The summed E-state index contributed by atoms with van der Waals surface area (Å²) in [6, 6.07) is 9.21. The molecule has 158 valence electrons. The molecule has 31 heavy (non-hydrogen) atoms. The standard InChI is InChI=1S/C20H14Cl2N4O5/c21-12-6-10(8-16(27)18-24-20(28)31-25-18)7-13(22)17(12)30-11-2-3-14-15(9-11)26-4-1-5-29-19(26)23-14/h2-3,6-7,9H,1,4-5,8H2,(H,24,25,28). The van der Waals surface area contributed by atoms with E-state index in [1.807, 2.05) is 16.7 Å². The van der Waals surface area contributed by atoms with Gasteiger partial charge in [0.15, 0.2) is 5.75 Å². The fraction of sp³-hybridized carbons (Fsp3) is 0.200. The number of benzene rings is 2. The molecule has 9 nitrogen and oxygen atoms in total. The third kappa shape index (κ3) is 3.77. The number of nitrogens with one attached hydrogen (secondary N) is 1. The molecule has 0 aliphatic carbocycles. The first-order valence-corrected chi connectivity index (χ1v) is 10.1. The number of hydrogen-bond acceptors (Lipinski definition) is 7. The largest absolute Gasteiger partial charge is 0.465 e. The number of halogens is 2. The Morgan fingerprint density at radius 2 is 2.03 bits per heavy atom. The number of hydrogen-bond donors (Lipinski definition) is 1. The van der Waals surface area contributed by atoms with Gasteiger partial charge in [0.2, 0.25) is 11.6 Å². The number of imidazole rings is 1. The van der Waals surface area contributed by atoms with E-state index in [9.17, 15) is 9.59 Å². The molecule has 2 aromatic carbocycles. The quantitative estimate of drug-likeness (QED) is 0.447. The van der Waals surface area contributed by atoms with E-state index >= 15 is 0 Å². The van der Waals surface area contributed by atoms with Crippen LogP contribution in [0.15, 0.2) is 39.6 Å². The van der Waals surface area contributed by atoms with Crippen LogP contribution in [0, 0.1) is 0 Å². The summed E-state index contributed by atoms with van der Waals surface area (Å²) in [4.78, 5) is 29.9. The van der Waals surface area contributed by atoms with Crippen molar-refractivity contribution < 1.29 is 18.8 Å². The summed E-state index contributed by atoms with van der Waals surface area (Å²) in [5, 5.41) is 3.86. The van der Waals surface area contributed by atoms with Crippen LogP contribution in [0.3, 0.4) is 0 Å². The van der Waals surface area contributed by atoms with Crippen LogP contribution < -0.4 is 15.2 Å². The van der Waals surface area contributed by atoms with Gasteiger partial charge in [-0.15, -0.1) is 0 Å². The van der Waals surface area contributed by atoms with E-state index in [1.165, 1.54) is 0 Å². The van der Waals surface area contributed by atoms with Crippen LogP contribution in [0.4, 0.5) is 0 Å². The Balaban J connectivity index is 1.40. The third-order valence-electron chi connectivity index (χ3n) is 4.79. The highest BCUT2D eigenvalue weighted by Gasteiger charge is 2.19. The first-order chi connectivity index (χ1) is 15.0. The normalized spacial score (nSPS) is 13.1. The summed E-state index contributed by atoms with van der Waals surface area (Å²) in [5.74, 6) is -0.605. The molecule has 1 aliphatic heterocycles. The number of ketones is 1. The van der Waals surface area contributed by atoms with Gasteiger partial charge in [-0.3, -0.25) is 18.9 Å². The number of ether oxygens (including phenoxy) is 2. The molecule has 1 aliphatic rings. The van der Waals surface area contributed by atoms with Crippen molar-refractivity contribution in [3.05, 3.63) is 62.3 Å². The number of H-pyrrole nitrogens is 1. The molecule has 11 heteroatoms. The van der Waals surface area contributed by atoms with Crippen molar-refractivity contribution >= 4 is 40.0 Å². The van der Waals surface area contributed by atoms with Crippen LogP contribution in [0.1, 0.15) is 22.6 Å². The van der Waals surface area contributed by atoms with Crippen molar-refractivity contribution in [2.75, 3.05) is 6.61 Å². The third-order valence-corrected chi connectivity index (χ3v) is 5.35. The lowest BCUT2D eigenvalue weighted by Gasteiger charge is -2.15. The Hall–Kier alpha value is -3.30. The van der Waals surface area contributed by atoms with Crippen molar-refractivity contribution in [2.24, 2.45) is 0 Å². The van der Waals surface area contributed by atoms with Crippen LogP contribution in [0.25, 0.3) is 11.0 Å². The lowest BCUT2D eigenvalue weighted by Crippen LogP contribution is -2.13. The molecule has 0 saturated carbocycles. The molecule has 5 rings (SSSR count).